The van der Waals surface area contributed by atoms with Crippen molar-refractivity contribution in [3.63, 3.8) is 0 Å². The average Bonchev–Trinajstić information content (AvgIpc) is 2.87. The van der Waals surface area contributed by atoms with Crippen LogP contribution in [-0.4, -0.2) is 39.5 Å². The van der Waals surface area contributed by atoms with E-state index in [1.807, 2.05) is 12.1 Å². The summed E-state index contributed by atoms with van der Waals surface area (Å²) in [4.78, 5) is 34.2. The first-order valence-electron chi connectivity index (χ1n) is 10.5. The predicted molar refractivity (Wildman–Crippen MR) is 131 cm³/mol. The molecule has 1 aromatic carbocycles. The van der Waals surface area contributed by atoms with E-state index in [1.165, 1.54) is 31.5 Å². The van der Waals surface area contributed by atoms with Gasteiger partial charge in [0.05, 0.1) is 17.7 Å². The third-order valence-corrected chi connectivity index (χ3v) is 5.19. The van der Waals surface area contributed by atoms with E-state index in [2.05, 4.69) is 36.0 Å². The summed E-state index contributed by atoms with van der Waals surface area (Å²) >= 11 is 5.88. The molecule has 0 spiro atoms. The first-order chi connectivity index (χ1) is 17.0. The van der Waals surface area contributed by atoms with Gasteiger partial charge in [0.2, 0.25) is 5.95 Å². The van der Waals surface area contributed by atoms with Gasteiger partial charge in [0.15, 0.2) is 0 Å². The smallest absolute Gasteiger partial charge is 0.276 e. The molecule has 0 aliphatic heterocycles. The minimum atomic E-state index is -0.517. The Bertz CT molecular complexity index is 1320. The molecule has 11 heteroatoms. The fourth-order valence-electron chi connectivity index (χ4n) is 3.23. The molecule has 0 bridgehead atoms. The first kappa shape index (κ1) is 24.0. The summed E-state index contributed by atoms with van der Waals surface area (Å²) in [6.07, 6.45) is 8.89. The molecule has 0 saturated heterocycles. The van der Waals surface area contributed by atoms with Crippen molar-refractivity contribution in [3.05, 3.63) is 89.3 Å². The van der Waals surface area contributed by atoms with E-state index in [0.717, 1.165) is 5.56 Å². The number of hydroxylamine groups is 1. The maximum Gasteiger partial charge on any atom is 0.276 e. The molecule has 3 heterocycles. The first-order valence-corrected chi connectivity index (χ1v) is 10.9. The molecule has 4 rings (SSSR count). The number of pyridine rings is 2. The summed E-state index contributed by atoms with van der Waals surface area (Å²) in [5.41, 5.74) is 5.46. The molecule has 0 unspecified atom stereocenters. The molecule has 0 saturated carbocycles. The average molecular weight is 494 g/mol. The summed E-state index contributed by atoms with van der Waals surface area (Å²) in [6.45, 7) is 0.564. The van der Waals surface area contributed by atoms with Crippen LogP contribution in [0.4, 0.5) is 21.8 Å². The van der Waals surface area contributed by atoms with Gasteiger partial charge in [0, 0.05) is 54.3 Å². The Labute approximate surface area is 205 Å². The second kappa shape index (κ2) is 11.3. The number of amides is 1. The van der Waals surface area contributed by atoms with E-state index in [1.54, 1.807) is 30.9 Å². The Morgan fingerprint density at radius 1 is 1.11 bits per heavy atom. The summed E-state index contributed by atoms with van der Waals surface area (Å²) < 4.78 is 13.5. The fraction of sp³-hybridized carbons (Fsp3) is 0.125. The highest BCUT2D eigenvalue weighted by Gasteiger charge is 2.14. The van der Waals surface area contributed by atoms with Gasteiger partial charge in [0.1, 0.15) is 11.6 Å². The molecule has 4 aromatic rings. The van der Waals surface area contributed by atoms with Crippen LogP contribution in [0.5, 0.6) is 0 Å². The number of hydrogen-bond donors (Lipinski definition) is 3. The molecule has 0 atom stereocenters. The third kappa shape index (κ3) is 6.25. The third-order valence-electron chi connectivity index (χ3n) is 4.90. The van der Waals surface area contributed by atoms with Gasteiger partial charge < -0.3 is 10.6 Å². The molecule has 9 nitrogen and oxygen atoms in total. The van der Waals surface area contributed by atoms with Gasteiger partial charge in [-0.05, 0) is 42.3 Å². The van der Waals surface area contributed by atoms with Gasteiger partial charge in [0.25, 0.3) is 5.91 Å². The van der Waals surface area contributed by atoms with Gasteiger partial charge in [-0.2, -0.15) is 4.98 Å². The lowest BCUT2D eigenvalue weighted by molar-refractivity contribution is 0.0537. The van der Waals surface area contributed by atoms with Crippen LogP contribution in [0.3, 0.4) is 0 Å². The number of anilines is 3. The van der Waals surface area contributed by atoms with E-state index < -0.39 is 11.7 Å². The number of nitrogens with one attached hydrogen (secondary N) is 3. The Kier molecular flexibility index (Phi) is 7.76. The van der Waals surface area contributed by atoms with E-state index in [0.29, 0.717) is 41.2 Å². The molecule has 35 heavy (non-hydrogen) atoms. The van der Waals surface area contributed by atoms with E-state index in [4.69, 9.17) is 16.4 Å². The van der Waals surface area contributed by atoms with Crippen LogP contribution in [0.15, 0.2) is 67.4 Å². The largest absolute Gasteiger partial charge is 0.369 e. The lowest BCUT2D eigenvalue weighted by Crippen LogP contribution is -2.21. The zero-order valence-corrected chi connectivity index (χ0v) is 19.4. The molecule has 3 N–H and O–H groups in total. The Morgan fingerprint density at radius 3 is 2.77 bits per heavy atom. The van der Waals surface area contributed by atoms with Gasteiger partial charge >= 0.3 is 0 Å². The van der Waals surface area contributed by atoms with Crippen LogP contribution in [0.2, 0.25) is 5.02 Å². The van der Waals surface area contributed by atoms with Crippen molar-refractivity contribution in [2.45, 2.75) is 6.42 Å². The Hall–Kier alpha value is -4.15. The van der Waals surface area contributed by atoms with Gasteiger partial charge in [-0.3, -0.25) is 19.6 Å². The fourth-order valence-corrected chi connectivity index (χ4v) is 3.41. The summed E-state index contributed by atoms with van der Waals surface area (Å²) in [6, 6.07) is 9.78. The van der Waals surface area contributed by atoms with Gasteiger partial charge in [-0.25, -0.2) is 14.9 Å². The zero-order valence-electron chi connectivity index (χ0n) is 18.6. The number of carbonyl (C=O) groups is 1. The number of halogens is 2. The van der Waals surface area contributed by atoms with Gasteiger partial charge in [-0.1, -0.05) is 17.7 Å². The van der Waals surface area contributed by atoms with E-state index in [-0.39, 0.29) is 11.0 Å². The second-order valence-corrected chi connectivity index (χ2v) is 7.75. The highest BCUT2D eigenvalue weighted by molar-refractivity contribution is 6.31. The normalized spacial score (nSPS) is 10.6. The van der Waals surface area contributed by atoms with Crippen molar-refractivity contribution in [1.82, 2.24) is 25.4 Å². The molecular weight excluding hydrogens is 473 g/mol. The lowest BCUT2D eigenvalue weighted by Gasteiger charge is -2.14. The topological polar surface area (TPSA) is 114 Å². The molecule has 3 aromatic heterocycles. The number of aromatic nitrogens is 4. The van der Waals surface area contributed by atoms with Gasteiger partial charge in [-0.15, -0.1) is 0 Å². The Morgan fingerprint density at radius 2 is 2.00 bits per heavy atom. The number of nitrogens with zero attached hydrogens (tertiary/aromatic N) is 4. The van der Waals surface area contributed by atoms with Crippen LogP contribution >= 0.6 is 11.6 Å². The maximum absolute atomic E-state index is 13.5. The highest BCUT2D eigenvalue weighted by atomic mass is 35.5. The summed E-state index contributed by atoms with van der Waals surface area (Å²) in [5, 5.41) is 6.33. The van der Waals surface area contributed by atoms with Crippen LogP contribution in [-0.2, 0) is 11.3 Å². The molecule has 0 fully saturated rings. The van der Waals surface area contributed by atoms with Crippen LogP contribution in [0.1, 0.15) is 15.9 Å². The maximum atomic E-state index is 13.5. The molecular formula is C24H21ClFN7O2. The number of benzene rings is 1. The molecule has 0 aliphatic carbocycles. The molecule has 1 amide bonds. The monoisotopic (exact) mass is 493 g/mol. The molecule has 178 valence electrons. The van der Waals surface area contributed by atoms with Crippen molar-refractivity contribution in [2.75, 3.05) is 24.3 Å². The number of carbonyl (C=O) groups excluding carboxylic acids is 1. The minimum Gasteiger partial charge on any atom is -0.369 e. The summed E-state index contributed by atoms with van der Waals surface area (Å²) in [5.74, 6) is -0.149. The number of hydrogen-bond acceptors (Lipinski definition) is 8. The quantitative estimate of drug-likeness (QED) is 0.294. The number of rotatable bonds is 9. The van der Waals surface area contributed by atoms with Crippen molar-refractivity contribution in [1.29, 1.82) is 0 Å². The van der Waals surface area contributed by atoms with E-state index >= 15 is 0 Å². The zero-order chi connectivity index (χ0) is 24.6. The minimum absolute atomic E-state index is 0.0151. The Balaban J connectivity index is 1.63. The standard InChI is InChI=1S/C24H21ClFN7O2/c1-35-33-23(34)17-9-16(12-28-13-17)19-14-30-24(31-18-4-5-21(26)20(25)10-18)32-22(19)29-8-6-15-3-2-7-27-11-15/h2-5,7,9-14H,6,8H2,1H3,(H,33,34)(H2,29,30,31,32). The van der Waals surface area contributed by atoms with Crippen molar-refractivity contribution in [2.24, 2.45) is 0 Å². The molecule has 0 aliphatic rings. The second-order valence-electron chi connectivity index (χ2n) is 7.35. The van der Waals surface area contributed by atoms with Crippen LogP contribution in [0.25, 0.3) is 11.1 Å². The predicted octanol–water partition coefficient (Wildman–Crippen LogP) is 4.42. The van der Waals surface area contributed by atoms with Crippen molar-refractivity contribution in [3.8, 4) is 11.1 Å². The van der Waals surface area contributed by atoms with Crippen molar-refractivity contribution >= 4 is 35.0 Å². The lowest BCUT2D eigenvalue weighted by atomic mass is 10.1. The van der Waals surface area contributed by atoms with Crippen LogP contribution < -0.4 is 16.1 Å². The van der Waals surface area contributed by atoms with Crippen LogP contribution in [0, 0.1) is 5.82 Å². The van der Waals surface area contributed by atoms with E-state index in [9.17, 15) is 9.18 Å². The van der Waals surface area contributed by atoms with Crippen molar-refractivity contribution < 1.29 is 14.0 Å². The highest BCUT2D eigenvalue weighted by Crippen LogP contribution is 2.28. The molecule has 0 radical (unpaired) electrons. The SMILES string of the molecule is CONC(=O)c1cncc(-c2cnc(Nc3ccc(F)c(Cl)c3)nc2NCCc2cccnc2)c1. The summed E-state index contributed by atoms with van der Waals surface area (Å²) in [7, 11) is 1.35.